The number of hydrogen-bond donors (Lipinski definition) is 1. The average molecular weight is 239 g/mol. The second-order valence-corrected chi connectivity index (χ2v) is 4.22. The number of rotatable bonds is 4. The van der Waals surface area contributed by atoms with Crippen molar-refractivity contribution < 1.29 is 4.79 Å². The van der Waals surface area contributed by atoms with Crippen LogP contribution >= 0.6 is 0 Å². The van der Waals surface area contributed by atoms with Crippen molar-refractivity contribution in [3.8, 4) is 0 Å². The minimum atomic E-state index is -0.0104. The lowest BCUT2D eigenvalue weighted by Gasteiger charge is -2.04. The fourth-order valence-electron chi connectivity index (χ4n) is 1.87. The van der Waals surface area contributed by atoms with Crippen molar-refractivity contribution in [1.29, 1.82) is 0 Å². The number of carbonyl (C=O) groups excluding carboxylic acids is 1. The summed E-state index contributed by atoms with van der Waals surface area (Å²) >= 11 is 0. The van der Waals surface area contributed by atoms with Crippen LogP contribution in [0.15, 0.2) is 54.6 Å². The molecule has 2 aromatic carbocycles. The number of nitrogens with one attached hydrogen (secondary N) is 1. The van der Waals surface area contributed by atoms with Crippen molar-refractivity contribution in [2.75, 3.05) is 6.54 Å². The molecular formula is C16H17NO. The van der Waals surface area contributed by atoms with Crippen molar-refractivity contribution in [3.63, 3.8) is 0 Å². The zero-order valence-corrected chi connectivity index (χ0v) is 10.5. The molecule has 92 valence electrons. The van der Waals surface area contributed by atoms with Crippen molar-refractivity contribution >= 4 is 5.91 Å². The summed E-state index contributed by atoms with van der Waals surface area (Å²) in [6, 6.07) is 18.1. The minimum Gasteiger partial charge on any atom is -0.352 e. The minimum absolute atomic E-state index is 0.0104. The van der Waals surface area contributed by atoms with Gasteiger partial charge < -0.3 is 5.32 Å². The normalized spacial score (nSPS) is 10.1. The van der Waals surface area contributed by atoms with Gasteiger partial charge in [0.1, 0.15) is 0 Å². The molecule has 0 saturated carbocycles. The molecule has 2 heteroatoms. The molecule has 0 aliphatic heterocycles. The first-order valence-electron chi connectivity index (χ1n) is 6.20. The third-order valence-electron chi connectivity index (χ3n) is 2.80. The third kappa shape index (κ3) is 3.20. The molecule has 0 aromatic heterocycles. The molecule has 0 atom stereocenters. The summed E-state index contributed by atoms with van der Waals surface area (Å²) in [5.41, 5.74) is 3.21. The molecule has 0 fully saturated rings. The maximum Gasteiger partial charge on any atom is 0.251 e. The van der Waals surface area contributed by atoms with E-state index in [1.165, 1.54) is 11.1 Å². The largest absolute Gasteiger partial charge is 0.352 e. The molecule has 2 aromatic rings. The predicted octanol–water partition coefficient (Wildman–Crippen LogP) is 3.03. The lowest BCUT2D eigenvalue weighted by atomic mass is 10.0. The van der Waals surface area contributed by atoms with Gasteiger partial charge in [0.2, 0.25) is 0 Å². The molecular weight excluding hydrogens is 222 g/mol. The maximum atomic E-state index is 11.6. The highest BCUT2D eigenvalue weighted by Crippen LogP contribution is 2.10. The van der Waals surface area contributed by atoms with Gasteiger partial charge in [0.25, 0.3) is 5.91 Å². The molecule has 18 heavy (non-hydrogen) atoms. The first-order chi connectivity index (χ1) is 8.79. The van der Waals surface area contributed by atoms with Gasteiger partial charge in [-0.05, 0) is 36.6 Å². The SMILES string of the molecule is CCNC(=O)c1ccc(Cc2ccccc2)cc1. The van der Waals surface area contributed by atoms with Gasteiger partial charge >= 0.3 is 0 Å². The van der Waals surface area contributed by atoms with E-state index in [2.05, 4.69) is 17.4 Å². The molecule has 0 aliphatic rings. The highest BCUT2D eigenvalue weighted by Gasteiger charge is 2.03. The Hall–Kier alpha value is -2.09. The second-order valence-electron chi connectivity index (χ2n) is 4.22. The second kappa shape index (κ2) is 6.01. The van der Waals surface area contributed by atoms with Crippen LogP contribution in [0.1, 0.15) is 28.4 Å². The molecule has 0 unspecified atom stereocenters. The average Bonchev–Trinajstić information content (AvgIpc) is 2.41. The summed E-state index contributed by atoms with van der Waals surface area (Å²) < 4.78 is 0. The predicted molar refractivity (Wildman–Crippen MR) is 73.7 cm³/mol. The Balaban J connectivity index is 2.06. The number of carbonyl (C=O) groups is 1. The molecule has 2 rings (SSSR count). The van der Waals surface area contributed by atoms with Crippen LogP contribution in [0.3, 0.4) is 0 Å². The van der Waals surface area contributed by atoms with Gasteiger partial charge in [0.05, 0.1) is 0 Å². The Morgan fingerprint density at radius 1 is 0.944 bits per heavy atom. The van der Waals surface area contributed by atoms with Gasteiger partial charge in [0, 0.05) is 12.1 Å². The molecule has 0 saturated heterocycles. The molecule has 0 heterocycles. The van der Waals surface area contributed by atoms with Gasteiger partial charge in [-0.15, -0.1) is 0 Å². The third-order valence-corrected chi connectivity index (χ3v) is 2.80. The van der Waals surface area contributed by atoms with Crippen LogP contribution in [0.25, 0.3) is 0 Å². The van der Waals surface area contributed by atoms with E-state index >= 15 is 0 Å². The van der Waals surface area contributed by atoms with E-state index < -0.39 is 0 Å². The summed E-state index contributed by atoms with van der Waals surface area (Å²) in [5.74, 6) is -0.0104. The Bertz CT molecular complexity index is 502. The van der Waals surface area contributed by atoms with Crippen LogP contribution in [-0.2, 0) is 6.42 Å². The molecule has 0 aliphatic carbocycles. The quantitative estimate of drug-likeness (QED) is 0.873. The van der Waals surface area contributed by atoms with Crippen LogP contribution in [0.2, 0.25) is 0 Å². The Morgan fingerprint density at radius 3 is 2.17 bits per heavy atom. The van der Waals surface area contributed by atoms with E-state index in [0.29, 0.717) is 12.1 Å². The number of amides is 1. The smallest absolute Gasteiger partial charge is 0.251 e. The Kier molecular flexibility index (Phi) is 4.13. The van der Waals surface area contributed by atoms with Crippen LogP contribution in [0, 0.1) is 0 Å². The van der Waals surface area contributed by atoms with Crippen molar-refractivity contribution in [2.24, 2.45) is 0 Å². The lowest BCUT2D eigenvalue weighted by molar-refractivity contribution is 0.0956. The summed E-state index contributed by atoms with van der Waals surface area (Å²) in [7, 11) is 0. The fourth-order valence-corrected chi connectivity index (χ4v) is 1.87. The monoisotopic (exact) mass is 239 g/mol. The van der Waals surface area contributed by atoms with E-state index in [0.717, 1.165) is 6.42 Å². The van der Waals surface area contributed by atoms with E-state index in [9.17, 15) is 4.79 Å². The summed E-state index contributed by atoms with van der Waals surface area (Å²) in [5, 5.41) is 2.79. The first-order valence-corrected chi connectivity index (χ1v) is 6.20. The zero-order valence-electron chi connectivity index (χ0n) is 10.5. The van der Waals surface area contributed by atoms with Crippen LogP contribution in [0.5, 0.6) is 0 Å². The fraction of sp³-hybridized carbons (Fsp3) is 0.188. The van der Waals surface area contributed by atoms with Gasteiger partial charge in [-0.1, -0.05) is 42.5 Å². The molecule has 0 spiro atoms. The standard InChI is InChI=1S/C16H17NO/c1-2-17-16(18)15-10-8-14(9-11-15)12-13-6-4-3-5-7-13/h3-11H,2,12H2,1H3,(H,17,18). The molecule has 0 radical (unpaired) electrons. The molecule has 1 amide bonds. The Morgan fingerprint density at radius 2 is 1.56 bits per heavy atom. The Labute approximate surface area is 108 Å². The summed E-state index contributed by atoms with van der Waals surface area (Å²) in [4.78, 5) is 11.6. The lowest BCUT2D eigenvalue weighted by Crippen LogP contribution is -2.22. The van der Waals surface area contributed by atoms with Gasteiger partial charge in [-0.25, -0.2) is 0 Å². The van der Waals surface area contributed by atoms with E-state index in [-0.39, 0.29) is 5.91 Å². The van der Waals surface area contributed by atoms with Crippen LogP contribution in [-0.4, -0.2) is 12.5 Å². The number of hydrogen-bond acceptors (Lipinski definition) is 1. The highest BCUT2D eigenvalue weighted by atomic mass is 16.1. The van der Waals surface area contributed by atoms with Crippen molar-refractivity contribution in [3.05, 3.63) is 71.3 Å². The zero-order chi connectivity index (χ0) is 12.8. The molecule has 0 bridgehead atoms. The molecule has 2 nitrogen and oxygen atoms in total. The summed E-state index contributed by atoms with van der Waals surface area (Å²) in [6.45, 7) is 2.58. The van der Waals surface area contributed by atoms with E-state index in [1.54, 1.807) is 0 Å². The maximum absolute atomic E-state index is 11.6. The number of benzene rings is 2. The van der Waals surface area contributed by atoms with E-state index in [4.69, 9.17) is 0 Å². The topological polar surface area (TPSA) is 29.1 Å². The van der Waals surface area contributed by atoms with Gasteiger partial charge in [-0.3, -0.25) is 4.79 Å². The van der Waals surface area contributed by atoms with Crippen molar-refractivity contribution in [1.82, 2.24) is 5.32 Å². The van der Waals surface area contributed by atoms with Gasteiger partial charge in [0.15, 0.2) is 0 Å². The first kappa shape index (κ1) is 12.4. The van der Waals surface area contributed by atoms with Crippen molar-refractivity contribution in [2.45, 2.75) is 13.3 Å². The van der Waals surface area contributed by atoms with Crippen LogP contribution < -0.4 is 5.32 Å². The summed E-state index contributed by atoms with van der Waals surface area (Å²) in [6.07, 6.45) is 0.899. The highest BCUT2D eigenvalue weighted by molar-refractivity contribution is 5.94. The van der Waals surface area contributed by atoms with E-state index in [1.807, 2.05) is 49.4 Å². The van der Waals surface area contributed by atoms with Crippen LogP contribution in [0.4, 0.5) is 0 Å². The van der Waals surface area contributed by atoms with Gasteiger partial charge in [-0.2, -0.15) is 0 Å². The molecule has 1 N–H and O–H groups in total.